The summed E-state index contributed by atoms with van der Waals surface area (Å²) in [4.78, 5) is 41.4. The van der Waals surface area contributed by atoms with Crippen molar-refractivity contribution < 1.29 is 37.0 Å². The van der Waals surface area contributed by atoms with Gasteiger partial charge in [0.05, 0.1) is 24.1 Å². The van der Waals surface area contributed by atoms with Crippen molar-refractivity contribution in [1.29, 1.82) is 0 Å². The number of fused-ring (bicyclic) bond motifs is 7. The summed E-state index contributed by atoms with van der Waals surface area (Å²) in [5, 5.41) is 11.3. The highest BCUT2D eigenvalue weighted by Gasteiger charge is 2.39. The zero-order valence-electron chi connectivity index (χ0n) is 25.6. The molecule has 0 radical (unpaired) electrons. The van der Waals surface area contributed by atoms with Crippen LogP contribution in [0.2, 0.25) is 0 Å². The highest BCUT2D eigenvalue weighted by atomic mass is 32.2. The van der Waals surface area contributed by atoms with E-state index in [1.165, 1.54) is 11.0 Å². The molecule has 1 saturated carbocycles. The van der Waals surface area contributed by atoms with E-state index >= 15 is 0 Å². The van der Waals surface area contributed by atoms with E-state index in [9.17, 15) is 22.8 Å². The second-order valence-corrected chi connectivity index (χ2v) is 13.6. The lowest BCUT2D eigenvalue weighted by atomic mass is 10.1. The molecule has 242 valence electrons. The molecule has 13 heteroatoms. The van der Waals surface area contributed by atoms with Crippen LogP contribution in [-0.2, 0) is 21.4 Å². The number of ether oxygens (including phenoxy) is 3. The largest absolute Gasteiger partial charge is 0.493 e. The maximum atomic E-state index is 13.8. The van der Waals surface area contributed by atoms with Gasteiger partial charge in [-0.25, -0.2) is 13.6 Å². The molecule has 3 aromatic rings. The predicted molar refractivity (Wildman–Crippen MR) is 167 cm³/mol. The third kappa shape index (κ3) is 7.26. The summed E-state index contributed by atoms with van der Waals surface area (Å²) in [7, 11) is -4.06. The molecule has 1 aliphatic carbocycles. The average molecular weight is 649 g/mol. The van der Waals surface area contributed by atoms with Gasteiger partial charge in [-0.3, -0.25) is 14.4 Å². The van der Waals surface area contributed by atoms with Gasteiger partial charge in [0.25, 0.3) is 17.7 Å². The topological polar surface area (TPSA) is 166 Å². The molecule has 4 aliphatic rings. The number of sulfonamides is 1. The minimum Gasteiger partial charge on any atom is -0.493 e. The maximum Gasteiger partial charge on any atom is 0.258 e. The molecule has 0 spiro atoms. The molecule has 4 bridgehead atoms. The Hall–Kier alpha value is -4.62. The van der Waals surface area contributed by atoms with Crippen LogP contribution in [0, 0.1) is 19.8 Å². The first-order valence-corrected chi connectivity index (χ1v) is 16.6. The van der Waals surface area contributed by atoms with Crippen LogP contribution in [-0.4, -0.2) is 69.5 Å². The highest BCUT2D eigenvalue weighted by molar-refractivity contribution is 7.89. The number of primary sulfonamides is 1. The van der Waals surface area contributed by atoms with Gasteiger partial charge in [0.1, 0.15) is 23.4 Å². The van der Waals surface area contributed by atoms with Crippen molar-refractivity contribution >= 4 is 27.7 Å². The van der Waals surface area contributed by atoms with E-state index < -0.39 is 34.0 Å². The average Bonchev–Trinajstić information content (AvgIpc) is 3.78. The first kappa shape index (κ1) is 31.4. The van der Waals surface area contributed by atoms with E-state index in [0.29, 0.717) is 40.9 Å². The van der Waals surface area contributed by atoms with Gasteiger partial charge in [-0.15, -0.1) is 0 Å². The maximum absolute atomic E-state index is 13.8. The standard InChI is InChI=1S/C33H36N4O8S/c1-19-9-24(12-30(20(19)2)46(34,41)42)33(40)37-15-28-29(16-37)45-25-7-5-21(6-8-25)14-35-31(38)18-44-27-11-23(32(39)36-28)10-26(13-27)43-17-22-3-4-22/h5-13,22,28-29H,3-4,14-18H2,1-2H3,(H,35,38)(H,36,39)(H2,34,41,42)/t28-,29-/m0/s1. The van der Waals surface area contributed by atoms with Gasteiger partial charge in [-0.2, -0.15) is 0 Å². The summed E-state index contributed by atoms with van der Waals surface area (Å²) in [6, 6.07) is 14.3. The van der Waals surface area contributed by atoms with E-state index in [2.05, 4.69) is 10.6 Å². The zero-order chi connectivity index (χ0) is 32.6. The Morgan fingerprint density at radius 3 is 2.50 bits per heavy atom. The molecule has 3 heterocycles. The SMILES string of the molecule is Cc1cc(C(=O)N2C[C@@H]3NC(=O)c4cc(cc(OCC5CC5)c4)OCC(=O)NCc4ccc(cc4)O[C@H]3C2)cc(S(N)(=O)=O)c1C. The Kier molecular flexibility index (Phi) is 8.62. The van der Waals surface area contributed by atoms with Gasteiger partial charge in [-0.05, 0) is 85.7 Å². The summed E-state index contributed by atoms with van der Waals surface area (Å²) in [5.41, 5.74) is 2.35. The van der Waals surface area contributed by atoms with E-state index in [0.717, 1.165) is 18.4 Å². The Morgan fingerprint density at radius 1 is 1.02 bits per heavy atom. The van der Waals surface area contributed by atoms with Crippen LogP contribution in [0.15, 0.2) is 59.5 Å². The van der Waals surface area contributed by atoms with Gasteiger partial charge in [0, 0.05) is 30.3 Å². The number of hydrogen-bond donors (Lipinski definition) is 3. The van der Waals surface area contributed by atoms with Crippen LogP contribution < -0.4 is 30.0 Å². The third-order valence-electron chi connectivity index (χ3n) is 8.44. The normalized spacial score (nSPS) is 20.1. The number of carbonyl (C=O) groups is 3. The van der Waals surface area contributed by atoms with Crippen molar-refractivity contribution in [2.24, 2.45) is 11.1 Å². The molecule has 0 unspecified atom stereocenters. The number of likely N-dealkylation sites (tertiary alicyclic amines) is 1. The first-order chi connectivity index (χ1) is 21.9. The van der Waals surface area contributed by atoms with Crippen molar-refractivity contribution in [3.05, 3.63) is 82.4 Å². The molecule has 3 amide bonds. The minimum atomic E-state index is -4.06. The Bertz CT molecular complexity index is 1790. The third-order valence-corrected chi connectivity index (χ3v) is 9.48. The lowest BCUT2D eigenvalue weighted by Gasteiger charge is -2.21. The second kappa shape index (κ2) is 12.6. The second-order valence-electron chi connectivity index (χ2n) is 12.1. The van der Waals surface area contributed by atoms with Gasteiger partial charge in [0.2, 0.25) is 10.0 Å². The van der Waals surface area contributed by atoms with Gasteiger partial charge < -0.3 is 29.7 Å². The van der Waals surface area contributed by atoms with Crippen molar-refractivity contribution in [2.45, 2.75) is 50.3 Å². The highest BCUT2D eigenvalue weighted by Crippen LogP contribution is 2.31. The number of rotatable bonds is 5. The number of nitrogens with zero attached hydrogens (tertiary/aromatic N) is 1. The fraction of sp³-hybridized carbons (Fsp3) is 0.364. The van der Waals surface area contributed by atoms with Crippen LogP contribution in [0.1, 0.15) is 50.2 Å². The minimum absolute atomic E-state index is 0.102. The number of nitrogens with two attached hydrogens (primary N) is 1. The summed E-state index contributed by atoms with van der Waals surface area (Å²) < 4.78 is 42.5. The van der Waals surface area contributed by atoms with Gasteiger partial charge >= 0.3 is 0 Å². The molecule has 3 aromatic carbocycles. The molecule has 3 aliphatic heterocycles. The smallest absolute Gasteiger partial charge is 0.258 e. The molecular formula is C33H36N4O8S. The molecule has 1 saturated heterocycles. The van der Waals surface area contributed by atoms with E-state index in [1.807, 2.05) is 12.1 Å². The molecule has 0 aromatic heterocycles. The van der Waals surface area contributed by atoms with Crippen molar-refractivity contribution in [1.82, 2.24) is 15.5 Å². The number of hydrogen-bond acceptors (Lipinski definition) is 8. The number of carbonyl (C=O) groups excluding carboxylic acids is 3. The number of benzene rings is 3. The summed E-state index contributed by atoms with van der Waals surface area (Å²) in [6.07, 6.45) is 1.55. The Labute approximate surface area is 267 Å². The van der Waals surface area contributed by atoms with Crippen LogP contribution in [0.5, 0.6) is 17.2 Å². The first-order valence-electron chi connectivity index (χ1n) is 15.1. The molecule has 46 heavy (non-hydrogen) atoms. The summed E-state index contributed by atoms with van der Waals surface area (Å²) in [6.45, 7) is 4.13. The van der Waals surface area contributed by atoms with Crippen LogP contribution >= 0.6 is 0 Å². The molecule has 12 nitrogen and oxygen atoms in total. The van der Waals surface area contributed by atoms with E-state index in [1.54, 1.807) is 50.2 Å². The van der Waals surface area contributed by atoms with Crippen molar-refractivity contribution in [2.75, 3.05) is 26.3 Å². The molecule has 7 rings (SSSR count). The van der Waals surface area contributed by atoms with Crippen LogP contribution in [0.3, 0.4) is 0 Å². The number of nitrogens with one attached hydrogen (secondary N) is 2. The van der Waals surface area contributed by atoms with Crippen molar-refractivity contribution in [3.63, 3.8) is 0 Å². The number of amides is 3. The number of aryl methyl sites for hydroxylation is 1. The fourth-order valence-corrected chi connectivity index (χ4v) is 6.39. The zero-order valence-corrected chi connectivity index (χ0v) is 26.4. The monoisotopic (exact) mass is 648 g/mol. The molecule has 4 N–H and O–H groups in total. The lowest BCUT2D eigenvalue weighted by Crippen LogP contribution is -2.45. The quantitative estimate of drug-likeness (QED) is 0.380. The lowest BCUT2D eigenvalue weighted by molar-refractivity contribution is -0.123. The van der Waals surface area contributed by atoms with Crippen LogP contribution in [0.4, 0.5) is 0 Å². The van der Waals surface area contributed by atoms with E-state index in [-0.39, 0.29) is 48.2 Å². The summed E-state index contributed by atoms with van der Waals surface area (Å²) >= 11 is 0. The molecule has 2 fully saturated rings. The molecule has 2 atom stereocenters. The van der Waals surface area contributed by atoms with E-state index in [4.69, 9.17) is 19.3 Å². The Morgan fingerprint density at radius 2 is 1.78 bits per heavy atom. The van der Waals surface area contributed by atoms with Gasteiger partial charge in [0.15, 0.2) is 6.61 Å². The fourth-order valence-electron chi connectivity index (χ4n) is 5.51. The Balaban J connectivity index is 1.31. The predicted octanol–water partition coefficient (Wildman–Crippen LogP) is 2.45. The van der Waals surface area contributed by atoms with Crippen molar-refractivity contribution in [3.8, 4) is 17.2 Å². The van der Waals surface area contributed by atoms with Crippen LogP contribution in [0.25, 0.3) is 0 Å². The molecular weight excluding hydrogens is 612 g/mol. The summed E-state index contributed by atoms with van der Waals surface area (Å²) in [5.74, 6) is 0.563. The van der Waals surface area contributed by atoms with Gasteiger partial charge in [-0.1, -0.05) is 12.1 Å².